The molecule has 7 nitrogen and oxygen atoms in total. The van der Waals surface area contributed by atoms with E-state index in [1.807, 2.05) is 0 Å². The molecule has 1 aromatic rings. The Morgan fingerprint density at radius 1 is 0.933 bits per heavy atom. The highest BCUT2D eigenvalue weighted by Gasteiger charge is 2.55. The van der Waals surface area contributed by atoms with Crippen LogP contribution < -0.4 is 5.73 Å². The highest BCUT2D eigenvalue weighted by Crippen LogP contribution is 2.60. The van der Waals surface area contributed by atoms with Gasteiger partial charge >= 0.3 is 17.9 Å². The molecule has 0 amide bonds. The molecule has 4 bridgehead atoms. The second-order valence-corrected chi connectivity index (χ2v) is 9.92. The third kappa shape index (κ3) is 3.70. The summed E-state index contributed by atoms with van der Waals surface area (Å²) in [5.74, 6) is 0.437. The van der Waals surface area contributed by atoms with Crippen molar-refractivity contribution in [3.8, 4) is 0 Å². The number of anilines is 1. The van der Waals surface area contributed by atoms with Crippen molar-refractivity contribution in [2.75, 3.05) is 18.9 Å². The van der Waals surface area contributed by atoms with E-state index >= 15 is 0 Å². The molecular weight excluding hydrogens is 406 g/mol. The van der Waals surface area contributed by atoms with Crippen molar-refractivity contribution in [3.05, 3.63) is 16.0 Å². The Hall–Kier alpha value is -2.09. The third-order valence-electron chi connectivity index (χ3n) is 6.79. The van der Waals surface area contributed by atoms with Crippen molar-refractivity contribution in [1.82, 2.24) is 0 Å². The quantitative estimate of drug-likeness (QED) is 0.511. The molecule has 8 heteroatoms. The monoisotopic (exact) mass is 435 g/mol. The Morgan fingerprint density at radius 3 is 2.00 bits per heavy atom. The number of rotatable bonds is 7. The van der Waals surface area contributed by atoms with Crippen molar-refractivity contribution in [2.45, 2.75) is 59.0 Å². The molecule has 0 atom stereocenters. The summed E-state index contributed by atoms with van der Waals surface area (Å²) in [4.78, 5) is 38.3. The summed E-state index contributed by atoms with van der Waals surface area (Å²) < 4.78 is 16.0. The van der Waals surface area contributed by atoms with Crippen LogP contribution in [-0.4, -0.2) is 31.1 Å². The second-order valence-electron chi connectivity index (χ2n) is 8.86. The molecule has 1 heterocycles. The van der Waals surface area contributed by atoms with Gasteiger partial charge < -0.3 is 19.9 Å². The molecular formula is C22H29NO6S. The largest absolute Gasteiger partial charge is 0.462 e. The van der Waals surface area contributed by atoms with Crippen LogP contribution in [0, 0.1) is 23.2 Å². The van der Waals surface area contributed by atoms with Gasteiger partial charge in [-0.25, -0.2) is 9.59 Å². The van der Waals surface area contributed by atoms with Crippen LogP contribution in [0.15, 0.2) is 0 Å². The maximum absolute atomic E-state index is 13.2. The van der Waals surface area contributed by atoms with E-state index in [2.05, 4.69) is 0 Å². The minimum Gasteiger partial charge on any atom is -0.462 e. The van der Waals surface area contributed by atoms with E-state index in [1.54, 1.807) is 13.8 Å². The zero-order chi connectivity index (χ0) is 21.5. The Kier molecular flexibility index (Phi) is 5.79. The topological polar surface area (TPSA) is 105 Å². The van der Waals surface area contributed by atoms with E-state index in [0.717, 1.165) is 30.6 Å². The first-order valence-corrected chi connectivity index (χ1v) is 11.6. The first-order valence-electron chi connectivity index (χ1n) is 10.8. The summed E-state index contributed by atoms with van der Waals surface area (Å²) in [6, 6.07) is 0. The van der Waals surface area contributed by atoms with E-state index < -0.39 is 17.4 Å². The zero-order valence-electron chi connectivity index (χ0n) is 17.5. The Balaban J connectivity index is 1.56. The molecule has 4 saturated carbocycles. The molecule has 1 aromatic heterocycles. The van der Waals surface area contributed by atoms with Crippen LogP contribution in [0.3, 0.4) is 0 Å². The highest BCUT2D eigenvalue weighted by molar-refractivity contribution is 7.18. The SMILES string of the molecule is CCOC(=O)c1sc(N)c(C(=O)OCC)c1COC(=O)C12CC3CC(CC(C3)C1)C2. The number of ether oxygens (including phenoxy) is 3. The molecule has 30 heavy (non-hydrogen) atoms. The molecule has 0 saturated heterocycles. The number of nitrogens with two attached hydrogens (primary N) is 1. The van der Waals surface area contributed by atoms with Crippen LogP contribution in [-0.2, 0) is 25.6 Å². The van der Waals surface area contributed by atoms with Gasteiger partial charge in [-0.05, 0) is 70.1 Å². The number of carbonyl (C=O) groups excluding carboxylic acids is 3. The molecule has 0 radical (unpaired) electrons. The number of esters is 3. The summed E-state index contributed by atoms with van der Waals surface area (Å²) in [6.45, 7) is 3.58. The standard InChI is InChI=1S/C22H29NO6S/c1-3-27-19(24)16-15(17(30-18(16)23)20(25)28-4-2)11-29-21(26)22-8-12-5-13(9-22)7-14(6-12)10-22/h12-14H,3-11,23H2,1-2H3. The number of thiophene rings is 1. The zero-order valence-corrected chi connectivity index (χ0v) is 18.3. The molecule has 2 N–H and O–H groups in total. The molecule has 4 aliphatic rings. The number of carbonyl (C=O) groups is 3. The van der Waals surface area contributed by atoms with Crippen molar-refractivity contribution < 1.29 is 28.6 Å². The summed E-state index contributed by atoms with van der Waals surface area (Å²) in [5, 5.41) is 0.164. The number of hydrogen-bond donors (Lipinski definition) is 1. The van der Waals surface area contributed by atoms with E-state index in [1.165, 1.54) is 19.3 Å². The van der Waals surface area contributed by atoms with Gasteiger partial charge in [-0.3, -0.25) is 4.79 Å². The lowest BCUT2D eigenvalue weighted by molar-refractivity contribution is -0.173. The van der Waals surface area contributed by atoms with Gasteiger partial charge in [0.05, 0.1) is 18.6 Å². The van der Waals surface area contributed by atoms with Gasteiger partial charge in [0.25, 0.3) is 0 Å². The smallest absolute Gasteiger partial charge is 0.348 e. The lowest BCUT2D eigenvalue weighted by atomic mass is 9.49. The molecule has 0 spiro atoms. The molecule has 0 unspecified atom stereocenters. The van der Waals surface area contributed by atoms with Crippen molar-refractivity contribution in [1.29, 1.82) is 0 Å². The molecule has 0 aromatic carbocycles. The van der Waals surface area contributed by atoms with Crippen LogP contribution in [0.5, 0.6) is 0 Å². The minimum absolute atomic E-state index is 0.100. The van der Waals surface area contributed by atoms with Crippen molar-refractivity contribution >= 4 is 34.2 Å². The summed E-state index contributed by atoms with van der Waals surface area (Å²) in [7, 11) is 0. The van der Waals surface area contributed by atoms with Gasteiger partial charge in [-0.15, -0.1) is 11.3 Å². The summed E-state index contributed by atoms with van der Waals surface area (Å²) in [5.41, 5.74) is 6.00. The predicted molar refractivity (Wildman–Crippen MR) is 111 cm³/mol. The fourth-order valence-corrected chi connectivity index (χ4v) is 7.02. The average Bonchev–Trinajstić information content (AvgIpc) is 3.01. The Labute approximate surface area is 180 Å². The Morgan fingerprint density at radius 2 is 1.47 bits per heavy atom. The van der Waals surface area contributed by atoms with Crippen LogP contribution in [0.25, 0.3) is 0 Å². The highest BCUT2D eigenvalue weighted by atomic mass is 32.1. The van der Waals surface area contributed by atoms with Gasteiger partial charge in [0.1, 0.15) is 22.0 Å². The van der Waals surface area contributed by atoms with Crippen LogP contribution in [0.1, 0.15) is 78.0 Å². The maximum atomic E-state index is 13.2. The molecule has 164 valence electrons. The molecule has 0 aliphatic heterocycles. The lowest BCUT2D eigenvalue weighted by Gasteiger charge is -2.55. The molecule has 4 fully saturated rings. The first kappa shape index (κ1) is 21.2. The first-order chi connectivity index (χ1) is 14.4. The summed E-state index contributed by atoms with van der Waals surface area (Å²) >= 11 is 0.965. The van der Waals surface area contributed by atoms with Gasteiger partial charge in [0.15, 0.2) is 0 Å². The maximum Gasteiger partial charge on any atom is 0.348 e. The van der Waals surface area contributed by atoms with Crippen LogP contribution in [0.2, 0.25) is 0 Å². The summed E-state index contributed by atoms with van der Waals surface area (Å²) in [6.07, 6.45) is 6.35. The van der Waals surface area contributed by atoms with E-state index in [9.17, 15) is 14.4 Å². The number of nitrogen functional groups attached to an aromatic ring is 1. The minimum atomic E-state index is -0.623. The second kappa shape index (κ2) is 8.21. The van der Waals surface area contributed by atoms with E-state index in [0.29, 0.717) is 17.8 Å². The van der Waals surface area contributed by atoms with Gasteiger partial charge in [0.2, 0.25) is 0 Å². The molecule has 5 rings (SSSR count). The fraction of sp³-hybridized carbons (Fsp3) is 0.682. The number of hydrogen-bond acceptors (Lipinski definition) is 8. The van der Waals surface area contributed by atoms with E-state index in [4.69, 9.17) is 19.9 Å². The van der Waals surface area contributed by atoms with Gasteiger partial charge in [0, 0.05) is 5.56 Å². The predicted octanol–water partition coefficient (Wildman–Crippen LogP) is 3.94. The van der Waals surface area contributed by atoms with Crippen molar-refractivity contribution in [2.24, 2.45) is 23.2 Å². The molecule has 4 aliphatic carbocycles. The normalized spacial score (nSPS) is 28.9. The third-order valence-corrected chi connectivity index (χ3v) is 7.83. The van der Waals surface area contributed by atoms with Crippen LogP contribution in [0.4, 0.5) is 5.00 Å². The van der Waals surface area contributed by atoms with Gasteiger partial charge in [-0.2, -0.15) is 0 Å². The lowest BCUT2D eigenvalue weighted by Crippen LogP contribution is -2.50. The average molecular weight is 436 g/mol. The Bertz CT molecular complexity index is 825. The van der Waals surface area contributed by atoms with Crippen molar-refractivity contribution in [3.63, 3.8) is 0 Å². The van der Waals surface area contributed by atoms with E-state index in [-0.39, 0.29) is 46.8 Å². The fourth-order valence-electron chi connectivity index (χ4n) is 6.06. The van der Waals surface area contributed by atoms with Crippen LogP contribution >= 0.6 is 11.3 Å². The van der Waals surface area contributed by atoms with Gasteiger partial charge in [-0.1, -0.05) is 0 Å².